The van der Waals surface area contributed by atoms with Crippen LogP contribution >= 0.6 is 11.8 Å². The number of hydrogen-bond acceptors (Lipinski definition) is 5. The number of methoxy groups -OCH3 is 1. The lowest BCUT2D eigenvalue weighted by atomic mass is 10.00. The van der Waals surface area contributed by atoms with E-state index in [0.717, 1.165) is 23.1 Å². The first-order chi connectivity index (χ1) is 29.7. The zero-order valence-corrected chi connectivity index (χ0v) is 29.1. The molecule has 0 saturated carbocycles. The zero-order chi connectivity index (χ0) is 47.3. The topological polar surface area (TPSA) is 54.8 Å². The minimum absolute atomic E-state index is 0.00439. The molecule has 5 aromatic rings. The molecule has 1 fully saturated rings. The van der Waals surface area contributed by atoms with Gasteiger partial charge in [-0.3, -0.25) is 9.59 Å². The maximum atomic E-state index is 15.1. The van der Waals surface area contributed by atoms with Crippen LogP contribution in [0.4, 0.5) is 22.0 Å². The molecular weight excluding hydrogens is 710 g/mol. The normalized spacial score (nSPS) is 18.0. The molecule has 0 bridgehead atoms. The van der Waals surface area contributed by atoms with Crippen LogP contribution in [0.15, 0.2) is 101 Å². The molecule has 6 rings (SSSR count). The van der Waals surface area contributed by atoms with Gasteiger partial charge in [0.1, 0.15) is 6.50 Å². The summed E-state index contributed by atoms with van der Waals surface area (Å²) in [5.74, 6) is -4.26. The molecular formula is C41H40F5N3O3S. The number of nitrogens with zero attached hydrogens (tertiary/aromatic N) is 3. The Morgan fingerprint density at radius 1 is 1.02 bits per heavy atom. The van der Waals surface area contributed by atoms with E-state index in [1.807, 2.05) is 0 Å². The predicted octanol–water partition coefficient (Wildman–Crippen LogP) is 8.71. The summed E-state index contributed by atoms with van der Waals surface area (Å²) in [7, 11) is -2.88. The summed E-state index contributed by atoms with van der Waals surface area (Å²) >= 11 is 0.499. The molecule has 1 amide bonds. The standard InChI is InChI=1S/C41H40F5N3O3S/c1-27-6-15-36-34(22-27)37(50)23-39(53-26-31-4-3-5-35(42)40(31)43)49(36)25-38(51)48(33-16-18-47(19-17-33)20-21-52-2)24-28-7-9-29(10-8-28)30-11-13-32(14-12-30)41(44,45)46/h3-15,22-23,33H,16-21,24-26H2,1-2H3/i2D3,6D,15D,20D2,22D,23D,25D2. The van der Waals surface area contributed by atoms with Crippen LogP contribution in [0, 0.1) is 18.6 Å². The van der Waals surface area contributed by atoms with Crippen LogP contribution < -0.4 is 5.43 Å². The van der Waals surface area contributed by atoms with E-state index in [0.29, 0.717) is 33.0 Å². The molecule has 2 heterocycles. The summed E-state index contributed by atoms with van der Waals surface area (Å²) in [5.41, 5.74) is -1.66. The molecule has 1 aliphatic heterocycles. The highest BCUT2D eigenvalue weighted by atomic mass is 32.2. The fourth-order valence-corrected chi connectivity index (χ4v) is 6.94. The van der Waals surface area contributed by atoms with Crippen molar-refractivity contribution < 1.29 is 46.6 Å². The van der Waals surface area contributed by atoms with Crippen LogP contribution in [0.3, 0.4) is 0 Å². The summed E-state index contributed by atoms with van der Waals surface area (Å²) in [6.07, 6.45) is -4.54. The molecule has 0 spiro atoms. The lowest BCUT2D eigenvalue weighted by Gasteiger charge is -2.39. The van der Waals surface area contributed by atoms with Gasteiger partial charge in [-0.05, 0) is 66.7 Å². The number of benzene rings is 4. The van der Waals surface area contributed by atoms with Crippen molar-refractivity contribution in [2.45, 2.75) is 55.8 Å². The SMILES string of the molecule is [2H]c1c(C)c([2H])c2c(=O)c([2H])c(SCc3cccc(F)c3F)n(C([2H])([2H])C(=O)N(Cc3ccc(-c4ccc(C(F)(F)F)cc4)cc3)C3CCN(C([2H])([2H])COC([2H])([2H])[2H])CC3)c2c1[2H]. The highest BCUT2D eigenvalue weighted by molar-refractivity contribution is 7.98. The summed E-state index contributed by atoms with van der Waals surface area (Å²) in [6, 6.07) is 10.3. The number of pyridine rings is 1. The second kappa shape index (κ2) is 16.7. The van der Waals surface area contributed by atoms with Crippen molar-refractivity contribution in [1.82, 2.24) is 14.4 Å². The van der Waals surface area contributed by atoms with Crippen molar-refractivity contribution in [3.05, 3.63) is 135 Å². The highest BCUT2D eigenvalue weighted by Gasteiger charge is 2.31. The van der Waals surface area contributed by atoms with Gasteiger partial charge in [0, 0.05) is 64.7 Å². The van der Waals surface area contributed by atoms with Gasteiger partial charge in [-0.2, -0.15) is 13.2 Å². The number of ether oxygens (including phenoxy) is 1. The second-order valence-electron chi connectivity index (χ2n) is 12.3. The molecule has 0 unspecified atom stereocenters. The Balaban J connectivity index is 1.45. The Bertz CT molecular complexity index is 2620. The van der Waals surface area contributed by atoms with E-state index in [4.69, 9.17) is 17.1 Å². The number of amides is 1. The van der Waals surface area contributed by atoms with Crippen molar-refractivity contribution in [3.63, 3.8) is 0 Å². The van der Waals surface area contributed by atoms with Gasteiger partial charge in [0.15, 0.2) is 17.1 Å². The van der Waals surface area contributed by atoms with Crippen LogP contribution in [0.5, 0.6) is 0 Å². The van der Waals surface area contributed by atoms with Crippen LogP contribution in [-0.4, -0.2) is 59.5 Å². The fourth-order valence-electron chi connectivity index (χ4n) is 5.99. The van der Waals surface area contributed by atoms with Crippen molar-refractivity contribution in [3.8, 4) is 11.1 Å². The molecule has 12 heteroatoms. The number of fused-ring (bicyclic) bond motifs is 1. The molecule has 0 atom stereocenters. The number of rotatable bonds is 12. The van der Waals surface area contributed by atoms with E-state index in [9.17, 15) is 29.5 Å². The second-order valence-corrected chi connectivity index (χ2v) is 13.3. The zero-order valence-electron chi connectivity index (χ0n) is 39.2. The van der Waals surface area contributed by atoms with Crippen molar-refractivity contribution >= 4 is 28.6 Å². The molecule has 0 aliphatic carbocycles. The molecule has 4 aromatic carbocycles. The number of aromatic nitrogens is 1. The lowest BCUT2D eigenvalue weighted by Crippen LogP contribution is -2.48. The third-order valence-electron chi connectivity index (χ3n) is 8.77. The number of carbonyl (C=O) groups excluding carboxylic acids is 1. The number of halogens is 5. The summed E-state index contributed by atoms with van der Waals surface area (Å²) in [6.45, 7) is -5.61. The molecule has 53 heavy (non-hydrogen) atoms. The maximum absolute atomic E-state index is 15.1. The number of piperidine rings is 1. The molecule has 1 saturated heterocycles. The van der Waals surface area contributed by atoms with Crippen molar-refractivity contribution in [2.75, 3.05) is 33.2 Å². The van der Waals surface area contributed by atoms with Crippen LogP contribution in [0.1, 0.15) is 50.2 Å². The summed E-state index contributed by atoms with van der Waals surface area (Å²) in [5, 5.41) is -1.21. The summed E-state index contributed by atoms with van der Waals surface area (Å²) < 4.78 is 167. The number of likely N-dealkylation sites (tertiary alicyclic amines) is 1. The molecule has 0 N–H and O–H groups in total. The number of thioether (sulfide) groups is 1. The van der Waals surface area contributed by atoms with Gasteiger partial charge in [-0.15, -0.1) is 11.8 Å². The largest absolute Gasteiger partial charge is 0.416 e. The number of carbonyl (C=O) groups is 1. The van der Waals surface area contributed by atoms with Gasteiger partial charge in [-0.1, -0.05) is 60.1 Å². The average Bonchev–Trinajstić information content (AvgIpc) is 3.24. The first-order valence-corrected chi connectivity index (χ1v) is 17.4. The Kier molecular flexibility index (Phi) is 8.26. The number of hydrogen-bond donors (Lipinski definition) is 0. The Hall–Kier alpha value is -4.52. The van der Waals surface area contributed by atoms with E-state index in [1.54, 1.807) is 24.3 Å². The monoisotopic (exact) mass is 760 g/mol. The molecule has 1 aromatic heterocycles. The van der Waals surface area contributed by atoms with Crippen LogP contribution in [0.25, 0.3) is 22.0 Å². The van der Waals surface area contributed by atoms with E-state index in [2.05, 4.69) is 0 Å². The lowest BCUT2D eigenvalue weighted by molar-refractivity contribution is -0.137. The van der Waals surface area contributed by atoms with E-state index < -0.39 is 113 Å². The highest BCUT2D eigenvalue weighted by Crippen LogP contribution is 2.32. The quantitative estimate of drug-likeness (QED) is 0.0942. The smallest absolute Gasteiger partial charge is 0.383 e. The van der Waals surface area contributed by atoms with Crippen LogP contribution in [-0.2, 0) is 34.5 Å². The van der Waals surface area contributed by atoms with Crippen molar-refractivity contribution in [1.29, 1.82) is 0 Å². The van der Waals surface area contributed by atoms with Crippen LogP contribution in [0.2, 0.25) is 0 Å². The average molecular weight is 761 g/mol. The molecule has 6 nitrogen and oxygen atoms in total. The molecule has 278 valence electrons. The molecule has 0 radical (unpaired) electrons. The van der Waals surface area contributed by atoms with E-state index >= 15 is 4.79 Å². The van der Waals surface area contributed by atoms with E-state index in [1.165, 1.54) is 36.1 Å². The van der Waals surface area contributed by atoms with E-state index in [-0.39, 0.29) is 43.6 Å². The first-order valence-electron chi connectivity index (χ1n) is 21.9. The van der Waals surface area contributed by atoms with Gasteiger partial charge in [-0.25, -0.2) is 8.78 Å². The Morgan fingerprint density at radius 3 is 2.40 bits per heavy atom. The molecule has 1 aliphatic rings. The third kappa shape index (κ3) is 9.17. The Labute approximate surface area is 324 Å². The fraction of sp³-hybridized carbons (Fsp3) is 0.317. The minimum atomic E-state index is -4.55. The predicted molar refractivity (Wildman–Crippen MR) is 198 cm³/mol. The minimum Gasteiger partial charge on any atom is -0.383 e. The van der Waals surface area contributed by atoms with Gasteiger partial charge >= 0.3 is 6.18 Å². The Morgan fingerprint density at radius 2 is 1.72 bits per heavy atom. The first kappa shape index (κ1) is 26.3. The van der Waals surface area contributed by atoms with Crippen molar-refractivity contribution in [2.24, 2.45) is 0 Å². The maximum Gasteiger partial charge on any atom is 0.416 e. The van der Waals surface area contributed by atoms with Gasteiger partial charge in [0.25, 0.3) is 0 Å². The van der Waals surface area contributed by atoms with Gasteiger partial charge in [0.05, 0.1) is 35.0 Å². The van der Waals surface area contributed by atoms with Gasteiger partial charge in [0.2, 0.25) is 5.91 Å². The number of alkyl halides is 3. The van der Waals surface area contributed by atoms with Gasteiger partial charge < -0.3 is 19.1 Å². The summed E-state index contributed by atoms with van der Waals surface area (Å²) in [4.78, 5) is 31.4. The third-order valence-corrected chi connectivity index (χ3v) is 9.79.